The lowest BCUT2D eigenvalue weighted by Crippen LogP contribution is -2.57. The van der Waals surface area contributed by atoms with Gasteiger partial charge in [0, 0.05) is 26.7 Å². The zero-order chi connectivity index (χ0) is 16.2. The summed E-state index contributed by atoms with van der Waals surface area (Å²) in [7, 11) is 0. The second-order valence-corrected chi connectivity index (χ2v) is 4.88. The van der Waals surface area contributed by atoms with Crippen LogP contribution in [-0.2, 0) is 33.3 Å². The predicted molar refractivity (Wildman–Crippen MR) is 67.8 cm³/mol. The van der Waals surface area contributed by atoms with E-state index < -0.39 is 48.4 Å². The molecule has 5 atom stereocenters. The van der Waals surface area contributed by atoms with E-state index in [-0.39, 0.29) is 6.61 Å². The van der Waals surface area contributed by atoms with E-state index in [1.165, 1.54) is 20.8 Å². The van der Waals surface area contributed by atoms with Crippen molar-refractivity contribution in [2.24, 2.45) is 5.92 Å². The maximum Gasteiger partial charge on any atom is 0.304 e. The third-order valence-corrected chi connectivity index (χ3v) is 3.01. The molecule has 1 N–H and O–H groups in total. The number of hydrogen-bond acceptors (Lipinski definition) is 8. The predicted octanol–water partition coefficient (Wildman–Crippen LogP) is -0.234. The van der Waals surface area contributed by atoms with Crippen molar-refractivity contribution in [1.29, 1.82) is 0 Å². The van der Waals surface area contributed by atoms with Crippen LogP contribution in [0.5, 0.6) is 0 Å². The molecule has 0 spiro atoms. The number of ether oxygens (including phenoxy) is 4. The van der Waals surface area contributed by atoms with Crippen LogP contribution in [0.2, 0.25) is 0 Å². The van der Waals surface area contributed by atoms with Crippen LogP contribution in [0, 0.1) is 5.92 Å². The number of hydrogen-bond donors (Lipinski definition) is 1. The molecule has 1 heterocycles. The molecule has 5 unspecified atom stereocenters. The van der Waals surface area contributed by atoms with Gasteiger partial charge in [-0.15, -0.1) is 0 Å². The molecule has 0 amide bonds. The molecule has 0 aromatic carbocycles. The van der Waals surface area contributed by atoms with Crippen molar-refractivity contribution in [3.05, 3.63) is 0 Å². The molecule has 0 aromatic rings. The van der Waals surface area contributed by atoms with Crippen LogP contribution in [0.1, 0.15) is 27.7 Å². The second kappa shape index (κ2) is 7.37. The van der Waals surface area contributed by atoms with Gasteiger partial charge < -0.3 is 24.1 Å². The van der Waals surface area contributed by atoms with Crippen LogP contribution in [-0.4, -0.2) is 54.2 Å². The zero-order valence-electron chi connectivity index (χ0n) is 12.4. The molecule has 1 saturated heterocycles. The van der Waals surface area contributed by atoms with Gasteiger partial charge in [0.25, 0.3) is 0 Å². The highest BCUT2D eigenvalue weighted by molar-refractivity contribution is 5.67. The first-order valence-electron chi connectivity index (χ1n) is 6.53. The summed E-state index contributed by atoms with van der Waals surface area (Å²) in [6, 6.07) is 0. The Balaban J connectivity index is 2.86. The third-order valence-electron chi connectivity index (χ3n) is 3.01. The molecule has 0 radical (unpaired) electrons. The Morgan fingerprint density at radius 2 is 1.62 bits per heavy atom. The molecule has 8 nitrogen and oxygen atoms in total. The van der Waals surface area contributed by atoms with E-state index in [1.807, 2.05) is 0 Å². The van der Waals surface area contributed by atoms with Crippen LogP contribution >= 0.6 is 0 Å². The van der Waals surface area contributed by atoms with Crippen molar-refractivity contribution in [3.63, 3.8) is 0 Å². The van der Waals surface area contributed by atoms with Crippen LogP contribution in [0.4, 0.5) is 0 Å². The third kappa shape index (κ3) is 4.98. The van der Waals surface area contributed by atoms with E-state index in [0.717, 1.165) is 0 Å². The summed E-state index contributed by atoms with van der Waals surface area (Å²) in [6.45, 7) is 4.98. The van der Waals surface area contributed by atoms with E-state index in [1.54, 1.807) is 6.92 Å². The molecule has 0 bridgehead atoms. The first-order chi connectivity index (χ1) is 9.72. The summed E-state index contributed by atoms with van der Waals surface area (Å²) in [5.41, 5.74) is 0. The van der Waals surface area contributed by atoms with E-state index in [9.17, 15) is 19.5 Å². The number of carbonyl (C=O) groups excluding carboxylic acids is 3. The smallest absolute Gasteiger partial charge is 0.304 e. The van der Waals surface area contributed by atoms with Gasteiger partial charge >= 0.3 is 17.9 Å². The molecule has 8 heteroatoms. The number of rotatable bonds is 4. The normalized spacial score (nSPS) is 32.1. The molecule has 120 valence electrons. The van der Waals surface area contributed by atoms with Crippen molar-refractivity contribution in [2.45, 2.75) is 52.3 Å². The van der Waals surface area contributed by atoms with Gasteiger partial charge in [0.2, 0.25) is 6.29 Å². The van der Waals surface area contributed by atoms with Gasteiger partial charge in [0.1, 0.15) is 18.8 Å². The van der Waals surface area contributed by atoms with Gasteiger partial charge in [-0.25, -0.2) is 0 Å². The number of aliphatic hydroxyl groups excluding tert-OH is 1. The van der Waals surface area contributed by atoms with Gasteiger partial charge in [-0.05, 0) is 0 Å². The summed E-state index contributed by atoms with van der Waals surface area (Å²) < 4.78 is 20.3. The van der Waals surface area contributed by atoms with Crippen molar-refractivity contribution in [3.8, 4) is 0 Å². The molecule has 1 rings (SSSR count). The summed E-state index contributed by atoms with van der Waals surface area (Å²) in [4.78, 5) is 33.1. The molecule has 0 aromatic heterocycles. The molecule has 0 saturated carbocycles. The summed E-state index contributed by atoms with van der Waals surface area (Å²) in [6.07, 6.45) is -4.06. The van der Waals surface area contributed by atoms with Gasteiger partial charge in [-0.2, -0.15) is 0 Å². The van der Waals surface area contributed by atoms with Gasteiger partial charge in [0.05, 0.1) is 0 Å². The Hall–Kier alpha value is -1.67. The van der Waals surface area contributed by atoms with Gasteiger partial charge in [0.15, 0.2) is 6.10 Å². The molecular weight excluding hydrogens is 284 g/mol. The minimum absolute atomic E-state index is 0.227. The number of esters is 3. The molecule has 1 aliphatic heterocycles. The Morgan fingerprint density at radius 3 is 2.10 bits per heavy atom. The fraction of sp³-hybridized carbons (Fsp3) is 0.769. The average Bonchev–Trinajstić information content (AvgIpc) is 2.35. The Morgan fingerprint density at radius 1 is 1.05 bits per heavy atom. The maximum atomic E-state index is 11.1. The quantitative estimate of drug-likeness (QED) is 0.560. The van der Waals surface area contributed by atoms with E-state index in [4.69, 9.17) is 18.9 Å². The summed E-state index contributed by atoms with van der Waals surface area (Å²) >= 11 is 0. The van der Waals surface area contributed by atoms with Crippen molar-refractivity contribution in [1.82, 2.24) is 0 Å². The van der Waals surface area contributed by atoms with Crippen LogP contribution in [0.15, 0.2) is 0 Å². The molecule has 1 fully saturated rings. The fourth-order valence-electron chi connectivity index (χ4n) is 2.02. The number of aliphatic hydroxyl groups is 1. The topological polar surface area (TPSA) is 108 Å². The minimum atomic E-state index is -1.12. The van der Waals surface area contributed by atoms with Crippen molar-refractivity contribution >= 4 is 17.9 Å². The van der Waals surface area contributed by atoms with Gasteiger partial charge in [-0.3, -0.25) is 14.4 Å². The Labute approximate surface area is 122 Å². The van der Waals surface area contributed by atoms with E-state index >= 15 is 0 Å². The largest absolute Gasteiger partial charge is 0.463 e. The summed E-state index contributed by atoms with van der Waals surface area (Å²) in [5.74, 6) is -2.33. The highest BCUT2D eigenvalue weighted by Gasteiger charge is 2.46. The molecule has 0 aliphatic carbocycles. The maximum absolute atomic E-state index is 11.1. The van der Waals surface area contributed by atoms with E-state index in [0.29, 0.717) is 0 Å². The Bertz CT molecular complexity index is 407. The number of carbonyl (C=O) groups is 3. The van der Waals surface area contributed by atoms with Crippen molar-refractivity contribution in [2.75, 3.05) is 6.61 Å². The molecular formula is C13H20O8. The fourth-order valence-corrected chi connectivity index (χ4v) is 2.02. The highest BCUT2D eigenvalue weighted by Crippen LogP contribution is 2.29. The SMILES string of the molecule is CC(=O)OCC1OC(OC(C)=O)C(C)C(O)C1OC(C)=O. The molecule has 1 aliphatic rings. The molecule has 21 heavy (non-hydrogen) atoms. The van der Waals surface area contributed by atoms with Crippen LogP contribution < -0.4 is 0 Å². The lowest BCUT2D eigenvalue weighted by Gasteiger charge is -2.41. The first-order valence-corrected chi connectivity index (χ1v) is 6.53. The van der Waals surface area contributed by atoms with Gasteiger partial charge in [-0.1, -0.05) is 6.92 Å². The lowest BCUT2D eigenvalue weighted by molar-refractivity contribution is -0.278. The second-order valence-electron chi connectivity index (χ2n) is 4.88. The minimum Gasteiger partial charge on any atom is -0.463 e. The Kier molecular flexibility index (Phi) is 6.10. The zero-order valence-corrected chi connectivity index (χ0v) is 12.4. The summed E-state index contributed by atoms with van der Waals surface area (Å²) in [5, 5.41) is 10.2. The van der Waals surface area contributed by atoms with E-state index in [2.05, 4.69) is 0 Å². The lowest BCUT2D eigenvalue weighted by atomic mass is 9.92. The van der Waals surface area contributed by atoms with Crippen LogP contribution in [0.3, 0.4) is 0 Å². The van der Waals surface area contributed by atoms with Crippen molar-refractivity contribution < 1.29 is 38.4 Å². The highest BCUT2D eigenvalue weighted by atomic mass is 16.7. The first kappa shape index (κ1) is 17.4. The average molecular weight is 304 g/mol. The van der Waals surface area contributed by atoms with Crippen LogP contribution in [0.25, 0.3) is 0 Å². The monoisotopic (exact) mass is 304 g/mol. The standard InChI is InChI=1S/C13H20O8/c1-6-11(17)12(19-8(3)15)10(5-18-7(2)14)21-13(6)20-9(4)16/h6,10-13,17H,5H2,1-4H3.